The fourth-order valence-corrected chi connectivity index (χ4v) is 5.59. The molecule has 0 radical (unpaired) electrons. The Morgan fingerprint density at radius 2 is 1.10 bits per heavy atom. The van der Waals surface area contributed by atoms with Gasteiger partial charge in [-0.1, -0.05) is 60.7 Å². The van der Waals surface area contributed by atoms with Gasteiger partial charge in [-0.15, -0.1) is 0 Å². The standard InChI is InChI=1S/C24H16O4S2/c25-29-23-12-10-19(18-8-6-17(7-9-18)16-4-2-1-3-5-16)14-21(23)22-15-20(30(26,27)28)11-13-24(22)29/h1-15H,(H,26,27,28). The van der Waals surface area contributed by atoms with Crippen LogP contribution in [0.2, 0.25) is 0 Å². The quantitative estimate of drug-likeness (QED) is 0.387. The molecule has 0 spiro atoms. The molecule has 0 saturated carbocycles. The van der Waals surface area contributed by atoms with Gasteiger partial charge in [0.05, 0.1) is 25.5 Å². The summed E-state index contributed by atoms with van der Waals surface area (Å²) in [7, 11) is -5.71. The number of hydrogen-bond donors (Lipinski definition) is 1. The van der Waals surface area contributed by atoms with Crippen molar-refractivity contribution in [2.45, 2.75) is 14.7 Å². The van der Waals surface area contributed by atoms with Gasteiger partial charge in [0.2, 0.25) is 0 Å². The van der Waals surface area contributed by atoms with Gasteiger partial charge >= 0.3 is 0 Å². The number of fused-ring (bicyclic) bond motifs is 3. The lowest BCUT2D eigenvalue weighted by atomic mass is 9.97. The van der Waals surface area contributed by atoms with E-state index in [9.17, 15) is 17.2 Å². The molecule has 5 rings (SSSR count). The van der Waals surface area contributed by atoms with Gasteiger partial charge in [0, 0.05) is 11.1 Å². The second-order valence-corrected chi connectivity index (χ2v) is 9.89. The van der Waals surface area contributed by atoms with Crippen molar-refractivity contribution in [2.24, 2.45) is 0 Å². The van der Waals surface area contributed by atoms with Crippen LogP contribution in [-0.4, -0.2) is 17.2 Å². The Kier molecular flexibility index (Phi) is 4.43. The van der Waals surface area contributed by atoms with Gasteiger partial charge in [-0.05, 0) is 52.6 Å². The van der Waals surface area contributed by atoms with E-state index in [1.165, 1.54) is 18.2 Å². The molecule has 0 fully saturated rings. The van der Waals surface area contributed by atoms with Crippen molar-refractivity contribution in [1.82, 2.24) is 0 Å². The van der Waals surface area contributed by atoms with Crippen LogP contribution < -0.4 is 0 Å². The highest BCUT2D eigenvalue weighted by Gasteiger charge is 2.27. The zero-order chi connectivity index (χ0) is 20.9. The molecule has 0 aliphatic carbocycles. The summed E-state index contributed by atoms with van der Waals surface area (Å²) in [4.78, 5) is 0.986. The highest BCUT2D eigenvalue weighted by atomic mass is 32.2. The van der Waals surface area contributed by atoms with Crippen LogP contribution in [0.1, 0.15) is 0 Å². The van der Waals surface area contributed by atoms with Gasteiger partial charge in [0.15, 0.2) is 0 Å². The van der Waals surface area contributed by atoms with Crippen molar-refractivity contribution >= 4 is 20.9 Å². The monoisotopic (exact) mass is 432 g/mol. The predicted octanol–water partition coefficient (Wildman–Crippen LogP) is 5.41. The molecular weight excluding hydrogens is 416 g/mol. The normalized spacial score (nSPS) is 14.9. The van der Waals surface area contributed by atoms with Crippen LogP contribution in [0.15, 0.2) is 106 Å². The Morgan fingerprint density at radius 1 is 0.600 bits per heavy atom. The minimum absolute atomic E-state index is 0.205. The van der Waals surface area contributed by atoms with Gasteiger partial charge in [-0.2, -0.15) is 8.42 Å². The van der Waals surface area contributed by atoms with Crippen LogP contribution in [0.3, 0.4) is 0 Å². The summed E-state index contributed by atoms with van der Waals surface area (Å²) in [5.74, 6) is 0. The number of hydrogen-bond acceptors (Lipinski definition) is 3. The molecule has 6 heteroatoms. The molecule has 1 N–H and O–H groups in total. The minimum Gasteiger partial charge on any atom is -0.282 e. The molecule has 4 aromatic rings. The molecule has 1 unspecified atom stereocenters. The SMILES string of the molecule is O=S1c2ccc(-c3ccc(-c4ccccc4)cc3)cc2-c2cc(S(=O)(=O)O)ccc21. The first-order chi connectivity index (χ1) is 14.4. The van der Waals surface area contributed by atoms with Crippen LogP contribution in [0, 0.1) is 0 Å². The summed E-state index contributed by atoms with van der Waals surface area (Å²) in [5, 5.41) is 0. The second kappa shape index (κ2) is 7.02. The third-order valence-electron chi connectivity index (χ3n) is 5.24. The second-order valence-electron chi connectivity index (χ2n) is 7.06. The van der Waals surface area contributed by atoms with Crippen LogP contribution in [0.25, 0.3) is 33.4 Å². The number of rotatable bonds is 3. The van der Waals surface area contributed by atoms with Crippen molar-refractivity contribution in [2.75, 3.05) is 0 Å². The van der Waals surface area contributed by atoms with Gasteiger partial charge in [-0.25, -0.2) is 4.21 Å². The first kappa shape index (κ1) is 18.9. The Labute approximate surface area is 177 Å². The van der Waals surface area contributed by atoms with Crippen LogP contribution in [-0.2, 0) is 20.9 Å². The van der Waals surface area contributed by atoms with Gasteiger partial charge in [0.1, 0.15) is 0 Å². The van der Waals surface area contributed by atoms with Crippen LogP contribution in [0.4, 0.5) is 0 Å². The molecule has 1 heterocycles. The molecule has 0 bridgehead atoms. The van der Waals surface area contributed by atoms with Crippen molar-refractivity contribution < 1.29 is 17.2 Å². The molecule has 0 saturated heterocycles. The first-order valence-corrected chi connectivity index (χ1v) is 11.8. The summed E-state index contributed by atoms with van der Waals surface area (Å²) < 4.78 is 45.3. The molecule has 148 valence electrons. The topological polar surface area (TPSA) is 71.4 Å². The van der Waals surface area contributed by atoms with Crippen molar-refractivity contribution in [3.05, 3.63) is 91.0 Å². The summed E-state index contributed by atoms with van der Waals surface area (Å²) >= 11 is 0. The first-order valence-electron chi connectivity index (χ1n) is 9.25. The molecule has 1 aliphatic heterocycles. The molecule has 1 atom stereocenters. The Hall–Kier alpha value is -3.06. The Balaban J connectivity index is 1.58. The molecule has 30 heavy (non-hydrogen) atoms. The maximum Gasteiger partial charge on any atom is 0.294 e. The van der Waals surface area contributed by atoms with Crippen molar-refractivity contribution in [3.63, 3.8) is 0 Å². The minimum atomic E-state index is -4.34. The largest absolute Gasteiger partial charge is 0.294 e. The van der Waals surface area contributed by atoms with Gasteiger partial charge in [-0.3, -0.25) is 4.55 Å². The smallest absolute Gasteiger partial charge is 0.282 e. The Morgan fingerprint density at radius 3 is 1.73 bits per heavy atom. The molecule has 1 aliphatic rings. The molecule has 4 aromatic carbocycles. The summed E-state index contributed by atoms with van der Waals surface area (Å²) in [6, 6.07) is 28.1. The lowest BCUT2D eigenvalue weighted by molar-refractivity contribution is 0.483. The predicted molar refractivity (Wildman–Crippen MR) is 117 cm³/mol. The van der Waals surface area contributed by atoms with E-state index in [0.717, 1.165) is 27.8 Å². The molecule has 0 aromatic heterocycles. The summed E-state index contributed by atoms with van der Waals surface area (Å²) in [6.07, 6.45) is 0. The van der Waals surface area contributed by atoms with Crippen molar-refractivity contribution in [1.29, 1.82) is 0 Å². The van der Waals surface area contributed by atoms with Crippen LogP contribution in [0.5, 0.6) is 0 Å². The lowest BCUT2D eigenvalue weighted by Gasteiger charge is -2.08. The van der Waals surface area contributed by atoms with Gasteiger partial charge in [0.25, 0.3) is 10.1 Å². The van der Waals surface area contributed by atoms with E-state index in [1.54, 1.807) is 0 Å². The van der Waals surface area contributed by atoms with E-state index >= 15 is 0 Å². The maximum atomic E-state index is 12.8. The van der Waals surface area contributed by atoms with Gasteiger partial charge < -0.3 is 0 Å². The average molecular weight is 433 g/mol. The van der Waals surface area contributed by atoms with E-state index < -0.39 is 20.9 Å². The summed E-state index contributed by atoms with van der Waals surface area (Å²) in [5.41, 5.74) is 5.49. The highest BCUT2D eigenvalue weighted by Crippen LogP contribution is 2.43. The van der Waals surface area contributed by atoms with Crippen LogP contribution >= 0.6 is 0 Å². The average Bonchev–Trinajstić information content (AvgIpc) is 3.05. The van der Waals surface area contributed by atoms with Crippen molar-refractivity contribution in [3.8, 4) is 33.4 Å². The summed E-state index contributed by atoms with van der Waals surface area (Å²) in [6.45, 7) is 0. The van der Waals surface area contributed by atoms with E-state index in [1.807, 2.05) is 48.5 Å². The molecular formula is C24H16O4S2. The van der Waals surface area contributed by atoms with E-state index in [0.29, 0.717) is 15.4 Å². The lowest BCUT2D eigenvalue weighted by Crippen LogP contribution is -1.98. The molecule has 4 nitrogen and oxygen atoms in total. The zero-order valence-electron chi connectivity index (χ0n) is 15.6. The Bertz CT molecular complexity index is 1410. The highest BCUT2D eigenvalue weighted by molar-refractivity contribution is 7.86. The van der Waals surface area contributed by atoms with E-state index in [-0.39, 0.29) is 4.90 Å². The zero-order valence-corrected chi connectivity index (χ0v) is 17.3. The third-order valence-corrected chi connectivity index (χ3v) is 7.60. The van der Waals surface area contributed by atoms with E-state index in [2.05, 4.69) is 24.3 Å². The molecule has 0 amide bonds. The third kappa shape index (κ3) is 3.19. The fraction of sp³-hybridized carbons (Fsp3) is 0. The number of benzene rings is 4. The fourth-order valence-electron chi connectivity index (χ4n) is 3.73. The van der Waals surface area contributed by atoms with E-state index in [4.69, 9.17) is 0 Å². The maximum absolute atomic E-state index is 12.8.